The molecule has 21 heavy (non-hydrogen) atoms. The predicted octanol–water partition coefficient (Wildman–Crippen LogP) is 2.37. The van der Waals surface area contributed by atoms with Crippen molar-refractivity contribution in [1.82, 2.24) is 14.9 Å². The van der Waals surface area contributed by atoms with Crippen LogP contribution < -0.4 is 10.2 Å². The van der Waals surface area contributed by atoms with Crippen molar-refractivity contribution in [3.8, 4) is 0 Å². The van der Waals surface area contributed by atoms with Crippen LogP contribution in [0.25, 0.3) is 0 Å². The van der Waals surface area contributed by atoms with E-state index >= 15 is 0 Å². The fraction of sp³-hybridized carbons (Fsp3) is 0.643. The minimum atomic E-state index is 0.0528. The molecule has 1 N–H and O–H groups in total. The Morgan fingerprint density at radius 3 is 2.62 bits per heavy atom. The third kappa shape index (κ3) is 5.49. The van der Waals surface area contributed by atoms with Crippen molar-refractivity contribution in [3.63, 3.8) is 0 Å². The summed E-state index contributed by atoms with van der Waals surface area (Å²) in [6, 6.07) is 0. The summed E-state index contributed by atoms with van der Waals surface area (Å²) in [5.41, 5.74) is 0. The molecule has 0 atom stereocenters. The number of carbonyl (C=O) groups is 1. The van der Waals surface area contributed by atoms with Crippen molar-refractivity contribution < 1.29 is 4.79 Å². The van der Waals surface area contributed by atoms with Crippen molar-refractivity contribution in [2.75, 3.05) is 43.9 Å². The van der Waals surface area contributed by atoms with E-state index in [1.165, 1.54) is 0 Å². The molecule has 0 fully saturated rings. The van der Waals surface area contributed by atoms with Gasteiger partial charge in [-0.05, 0) is 28.8 Å². The quantitative estimate of drug-likeness (QED) is 0.773. The highest BCUT2D eigenvalue weighted by molar-refractivity contribution is 9.10. The van der Waals surface area contributed by atoms with Gasteiger partial charge >= 0.3 is 0 Å². The lowest BCUT2D eigenvalue weighted by molar-refractivity contribution is -0.127. The van der Waals surface area contributed by atoms with Crippen LogP contribution in [0, 0.1) is 0 Å². The van der Waals surface area contributed by atoms with E-state index in [1.807, 2.05) is 4.90 Å². The summed E-state index contributed by atoms with van der Waals surface area (Å²) in [7, 11) is 3.52. The standard InChI is InChI=1S/C14H24BrN5O/c1-5-7-16-14-17-9-11(15)13(18-14)20(8-6-2)10-12(21)19(3)4/h9H,5-8,10H2,1-4H3,(H,16,17,18). The summed E-state index contributed by atoms with van der Waals surface area (Å²) < 4.78 is 0.796. The number of hydrogen-bond donors (Lipinski definition) is 1. The van der Waals surface area contributed by atoms with E-state index in [9.17, 15) is 4.79 Å². The number of nitrogens with one attached hydrogen (secondary N) is 1. The highest BCUT2D eigenvalue weighted by atomic mass is 79.9. The molecule has 0 spiro atoms. The zero-order valence-electron chi connectivity index (χ0n) is 13.2. The molecule has 0 bridgehead atoms. The molecular weight excluding hydrogens is 334 g/mol. The molecular formula is C14H24BrN5O. The van der Waals surface area contributed by atoms with Crippen LogP contribution in [0.1, 0.15) is 26.7 Å². The van der Waals surface area contributed by atoms with Crippen molar-refractivity contribution in [2.24, 2.45) is 0 Å². The van der Waals surface area contributed by atoms with E-state index < -0.39 is 0 Å². The summed E-state index contributed by atoms with van der Waals surface area (Å²) in [5, 5.41) is 3.17. The van der Waals surface area contributed by atoms with Gasteiger partial charge in [0.2, 0.25) is 11.9 Å². The Kier molecular flexibility index (Phi) is 7.42. The lowest BCUT2D eigenvalue weighted by atomic mass is 10.3. The van der Waals surface area contributed by atoms with Crippen molar-refractivity contribution >= 4 is 33.6 Å². The number of amides is 1. The van der Waals surface area contributed by atoms with Crippen molar-refractivity contribution in [1.29, 1.82) is 0 Å². The maximum Gasteiger partial charge on any atom is 0.241 e. The average molecular weight is 358 g/mol. The zero-order valence-corrected chi connectivity index (χ0v) is 14.8. The first kappa shape index (κ1) is 17.7. The number of likely N-dealkylation sites (N-methyl/N-ethyl adjacent to an activating group) is 1. The molecule has 7 heteroatoms. The number of rotatable bonds is 8. The van der Waals surface area contributed by atoms with Crippen LogP contribution in [0.4, 0.5) is 11.8 Å². The van der Waals surface area contributed by atoms with Gasteiger partial charge in [-0.1, -0.05) is 13.8 Å². The van der Waals surface area contributed by atoms with Gasteiger partial charge in [-0.3, -0.25) is 4.79 Å². The molecule has 1 aromatic heterocycles. The summed E-state index contributed by atoms with van der Waals surface area (Å²) in [6.45, 7) is 6.07. The summed E-state index contributed by atoms with van der Waals surface area (Å²) in [4.78, 5) is 24.3. The normalized spacial score (nSPS) is 10.3. The van der Waals surface area contributed by atoms with Gasteiger partial charge in [0.15, 0.2) is 0 Å². The third-order valence-electron chi connectivity index (χ3n) is 2.88. The fourth-order valence-electron chi connectivity index (χ4n) is 1.74. The van der Waals surface area contributed by atoms with E-state index in [0.717, 1.165) is 36.2 Å². The summed E-state index contributed by atoms with van der Waals surface area (Å²) in [6.07, 6.45) is 3.67. The first-order valence-electron chi connectivity index (χ1n) is 7.21. The third-order valence-corrected chi connectivity index (χ3v) is 3.44. The number of nitrogens with zero attached hydrogens (tertiary/aromatic N) is 4. The predicted molar refractivity (Wildman–Crippen MR) is 89.7 cm³/mol. The molecule has 1 amide bonds. The van der Waals surface area contributed by atoms with Gasteiger partial charge < -0.3 is 15.1 Å². The number of aromatic nitrogens is 2. The van der Waals surface area contributed by atoms with Crippen LogP contribution in [0.5, 0.6) is 0 Å². The fourth-order valence-corrected chi connectivity index (χ4v) is 2.18. The Morgan fingerprint density at radius 1 is 1.33 bits per heavy atom. The monoisotopic (exact) mass is 357 g/mol. The molecule has 0 aliphatic heterocycles. The van der Waals surface area contributed by atoms with Gasteiger partial charge in [-0.2, -0.15) is 4.98 Å². The lowest BCUT2D eigenvalue weighted by Crippen LogP contribution is -2.37. The Balaban J connectivity index is 2.97. The molecule has 0 aliphatic rings. The minimum absolute atomic E-state index is 0.0528. The molecule has 0 radical (unpaired) electrons. The van der Waals surface area contributed by atoms with Crippen LogP contribution >= 0.6 is 15.9 Å². The highest BCUT2D eigenvalue weighted by Gasteiger charge is 2.17. The Bertz CT molecular complexity index is 467. The molecule has 0 saturated carbocycles. The molecule has 118 valence electrons. The van der Waals surface area contributed by atoms with Crippen molar-refractivity contribution in [2.45, 2.75) is 26.7 Å². The summed E-state index contributed by atoms with van der Waals surface area (Å²) in [5.74, 6) is 1.39. The topological polar surface area (TPSA) is 61.4 Å². The van der Waals surface area contributed by atoms with Crippen LogP contribution in [-0.2, 0) is 4.79 Å². The Labute approximate surface area is 135 Å². The molecule has 0 saturated heterocycles. The molecule has 0 aromatic carbocycles. The van der Waals surface area contributed by atoms with E-state index in [1.54, 1.807) is 25.2 Å². The number of anilines is 2. The zero-order chi connectivity index (χ0) is 15.8. The second kappa shape index (κ2) is 8.81. The van der Waals surface area contributed by atoms with Crippen molar-refractivity contribution in [3.05, 3.63) is 10.7 Å². The van der Waals surface area contributed by atoms with Gasteiger partial charge in [-0.15, -0.1) is 0 Å². The van der Waals surface area contributed by atoms with Gasteiger partial charge in [0.05, 0.1) is 11.0 Å². The van der Waals surface area contributed by atoms with Gasteiger partial charge in [-0.25, -0.2) is 4.98 Å². The number of carbonyl (C=O) groups excluding carboxylic acids is 1. The van der Waals surface area contributed by atoms with Crippen LogP contribution in [-0.4, -0.2) is 54.5 Å². The minimum Gasteiger partial charge on any atom is -0.354 e. The lowest BCUT2D eigenvalue weighted by Gasteiger charge is -2.25. The van der Waals surface area contributed by atoms with Gasteiger partial charge in [0.25, 0.3) is 0 Å². The second-order valence-electron chi connectivity index (χ2n) is 5.00. The number of halogens is 1. The van der Waals surface area contributed by atoms with E-state index in [4.69, 9.17) is 0 Å². The molecule has 1 heterocycles. The SMILES string of the molecule is CCCNc1ncc(Br)c(N(CCC)CC(=O)N(C)C)n1. The highest BCUT2D eigenvalue weighted by Crippen LogP contribution is 2.24. The van der Waals surface area contributed by atoms with E-state index in [-0.39, 0.29) is 5.91 Å². The first-order valence-corrected chi connectivity index (χ1v) is 8.00. The smallest absolute Gasteiger partial charge is 0.241 e. The largest absolute Gasteiger partial charge is 0.354 e. The average Bonchev–Trinajstić information content (AvgIpc) is 2.45. The second-order valence-corrected chi connectivity index (χ2v) is 5.86. The van der Waals surface area contributed by atoms with Gasteiger partial charge in [0.1, 0.15) is 5.82 Å². The molecule has 0 aliphatic carbocycles. The van der Waals surface area contributed by atoms with E-state index in [2.05, 4.69) is 45.1 Å². The van der Waals surface area contributed by atoms with Crippen LogP contribution in [0.2, 0.25) is 0 Å². The molecule has 0 unspecified atom stereocenters. The Morgan fingerprint density at radius 2 is 2.05 bits per heavy atom. The Hall–Kier alpha value is -1.37. The first-order chi connectivity index (χ1) is 9.99. The van der Waals surface area contributed by atoms with Gasteiger partial charge in [0, 0.05) is 33.4 Å². The summed E-state index contributed by atoms with van der Waals surface area (Å²) >= 11 is 3.48. The molecule has 1 rings (SSSR count). The maximum absolute atomic E-state index is 12.0. The maximum atomic E-state index is 12.0. The van der Waals surface area contributed by atoms with E-state index in [0.29, 0.717) is 12.5 Å². The molecule has 1 aromatic rings. The van der Waals surface area contributed by atoms with Crippen LogP contribution in [0.3, 0.4) is 0 Å². The number of hydrogen-bond acceptors (Lipinski definition) is 5. The van der Waals surface area contributed by atoms with Crippen LogP contribution in [0.15, 0.2) is 10.7 Å². The molecule has 6 nitrogen and oxygen atoms in total.